The highest BCUT2D eigenvalue weighted by atomic mass is 16.5. The van der Waals surface area contributed by atoms with E-state index in [0.29, 0.717) is 11.4 Å². The number of phenols is 2. The van der Waals surface area contributed by atoms with Gasteiger partial charge in [0, 0.05) is 30.9 Å². The molecule has 0 atom stereocenters. The van der Waals surface area contributed by atoms with Crippen LogP contribution in [0.4, 0.5) is 5.69 Å². The molecule has 3 rings (SSSR count). The van der Waals surface area contributed by atoms with Gasteiger partial charge in [0.05, 0.1) is 0 Å². The number of nitrogen functional groups attached to an aromatic ring is 1. The van der Waals surface area contributed by atoms with Gasteiger partial charge in [-0.05, 0) is 24.3 Å². The molecule has 5 N–H and O–H groups in total. The Morgan fingerprint density at radius 2 is 1.92 bits per heavy atom. The third-order valence-electron chi connectivity index (χ3n) is 3.39. The summed E-state index contributed by atoms with van der Waals surface area (Å²) in [5.74, 6) is -0.244. The van der Waals surface area contributed by atoms with Gasteiger partial charge >= 0.3 is 0 Å². The number of carbonyl (C=O) groups is 1. The van der Waals surface area contributed by atoms with E-state index in [1.807, 2.05) is 0 Å². The minimum atomic E-state index is -0.436. The van der Waals surface area contributed by atoms with Gasteiger partial charge in [-0.2, -0.15) is 0 Å². The molecule has 0 aliphatic heterocycles. The fourth-order valence-corrected chi connectivity index (χ4v) is 2.21. The van der Waals surface area contributed by atoms with Crippen molar-refractivity contribution < 1.29 is 24.3 Å². The highest BCUT2D eigenvalue weighted by Gasteiger charge is 2.21. The van der Waals surface area contributed by atoms with Crippen LogP contribution in [0.2, 0.25) is 0 Å². The minimum Gasteiger partial charge on any atom is -0.508 e. The summed E-state index contributed by atoms with van der Waals surface area (Å²) >= 11 is 0. The van der Waals surface area contributed by atoms with Gasteiger partial charge < -0.3 is 30.5 Å². The number of ether oxygens (including phenoxy) is 1. The van der Waals surface area contributed by atoms with Crippen molar-refractivity contribution in [3.63, 3.8) is 0 Å². The van der Waals surface area contributed by atoms with Crippen LogP contribution in [-0.2, 0) is 0 Å². The standard InChI is InChI=1S/C17H15N3O5/c1-19-17(23)12-8-15(25-20-12)16-13(22)6-10(21)7-14(16)24-11-4-2-9(18)3-5-11/h2-8,21-22H,18H2,1H3,(H,19,23). The number of hydrogen-bond donors (Lipinski definition) is 4. The van der Waals surface area contributed by atoms with Crippen molar-refractivity contribution in [2.75, 3.05) is 12.8 Å². The van der Waals surface area contributed by atoms with Gasteiger partial charge in [0.2, 0.25) is 0 Å². The molecule has 1 aromatic heterocycles. The molecule has 3 aromatic rings. The number of rotatable bonds is 4. The molecule has 8 nitrogen and oxygen atoms in total. The number of nitrogens with zero attached hydrogens (tertiary/aromatic N) is 1. The summed E-state index contributed by atoms with van der Waals surface area (Å²) < 4.78 is 10.9. The molecule has 1 amide bonds. The summed E-state index contributed by atoms with van der Waals surface area (Å²) in [4.78, 5) is 11.6. The van der Waals surface area contributed by atoms with Gasteiger partial charge in [-0.1, -0.05) is 5.16 Å². The molecule has 0 unspecified atom stereocenters. The zero-order valence-electron chi connectivity index (χ0n) is 13.2. The van der Waals surface area contributed by atoms with E-state index in [1.54, 1.807) is 24.3 Å². The van der Waals surface area contributed by atoms with E-state index in [0.717, 1.165) is 6.07 Å². The van der Waals surface area contributed by atoms with E-state index < -0.39 is 5.91 Å². The van der Waals surface area contributed by atoms with E-state index in [2.05, 4.69) is 10.5 Å². The lowest BCUT2D eigenvalue weighted by Crippen LogP contribution is -2.17. The van der Waals surface area contributed by atoms with Crippen molar-refractivity contribution in [1.29, 1.82) is 0 Å². The average Bonchev–Trinajstić information content (AvgIpc) is 3.05. The number of benzene rings is 2. The van der Waals surface area contributed by atoms with Gasteiger partial charge in [-0.25, -0.2) is 0 Å². The third-order valence-corrected chi connectivity index (χ3v) is 3.39. The highest BCUT2D eigenvalue weighted by Crippen LogP contribution is 2.43. The Bertz CT molecular complexity index is 919. The predicted octanol–water partition coefficient (Wildman–Crippen LogP) is 2.49. The first-order valence-electron chi connectivity index (χ1n) is 7.26. The molecule has 0 aliphatic rings. The van der Waals surface area contributed by atoms with Crippen LogP contribution in [0.1, 0.15) is 10.5 Å². The average molecular weight is 341 g/mol. The highest BCUT2D eigenvalue weighted by molar-refractivity contribution is 5.93. The van der Waals surface area contributed by atoms with Crippen molar-refractivity contribution in [3.8, 4) is 34.3 Å². The monoisotopic (exact) mass is 341 g/mol. The molecule has 0 bridgehead atoms. The lowest BCUT2D eigenvalue weighted by atomic mass is 10.1. The summed E-state index contributed by atoms with van der Waals surface area (Å²) in [6.07, 6.45) is 0. The largest absolute Gasteiger partial charge is 0.508 e. The van der Waals surface area contributed by atoms with Crippen LogP contribution in [0, 0.1) is 0 Å². The number of aromatic hydroxyl groups is 2. The summed E-state index contributed by atoms with van der Waals surface area (Å²) in [6.45, 7) is 0. The molecule has 0 spiro atoms. The summed E-state index contributed by atoms with van der Waals surface area (Å²) in [5.41, 5.74) is 6.40. The molecule has 2 aromatic carbocycles. The lowest BCUT2D eigenvalue weighted by molar-refractivity contribution is 0.0954. The number of nitrogens with one attached hydrogen (secondary N) is 1. The summed E-state index contributed by atoms with van der Waals surface area (Å²) in [7, 11) is 1.46. The van der Waals surface area contributed by atoms with Crippen LogP contribution in [-0.4, -0.2) is 28.3 Å². The number of amides is 1. The Morgan fingerprint density at radius 1 is 1.20 bits per heavy atom. The first-order valence-corrected chi connectivity index (χ1v) is 7.26. The Kier molecular flexibility index (Phi) is 4.17. The molecule has 0 radical (unpaired) electrons. The number of aromatic nitrogens is 1. The SMILES string of the molecule is CNC(=O)c1cc(-c2c(O)cc(O)cc2Oc2ccc(N)cc2)on1. The van der Waals surface area contributed by atoms with Crippen LogP contribution in [0.15, 0.2) is 47.0 Å². The fraction of sp³-hybridized carbons (Fsp3) is 0.0588. The predicted molar refractivity (Wildman–Crippen MR) is 89.6 cm³/mol. The first kappa shape index (κ1) is 16.2. The summed E-state index contributed by atoms with van der Waals surface area (Å²) in [6, 6.07) is 10.4. The Balaban J connectivity index is 2.05. The van der Waals surface area contributed by atoms with Crippen LogP contribution in [0.3, 0.4) is 0 Å². The molecule has 0 aliphatic carbocycles. The van der Waals surface area contributed by atoms with Crippen molar-refractivity contribution in [1.82, 2.24) is 10.5 Å². The molecule has 0 saturated carbocycles. The van der Waals surface area contributed by atoms with Gasteiger partial charge in [0.25, 0.3) is 5.91 Å². The van der Waals surface area contributed by atoms with E-state index in [1.165, 1.54) is 19.2 Å². The van der Waals surface area contributed by atoms with E-state index in [4.69, 9.17) is 15.0 Å². The zero-order chi connectivity index (χ0) is 18.0. The molecule has 0 saturated heterocycles. The van der Waals surface area contributed by atoms with Crippen molar-refractivity contribution in [2.24, 2.45) is 0 Å². The minimum absolute atomic E-state index is 0.0448. The van der Waals surface area contributed by atoms with Crippen molar-refractivity contribution in [2.45, 2.75) is 0 Å². The van der Waals surface area contributed by atoms with Crippen LogP contribution < -0.4 is 15.8 Å². The second kappa shape index (κ2) is 6.44. The van der Waals surface area contributed by atoms with Crippen LogP contribution in [0.25, 0.3) is 11.3 Å². The van der Waals surface area contributed by atoms with Crippen molar-refractivity contribution >= 4 is 11.6 Å². The number of phenolic OH excluding ortho intramolecular Hbond substituents is 2. The second-order valence-corrected chi connectivity index (χ2v) is 5.16. The number of nitrogens with two attached hydrogens (primary N) is 1. The van der Waals surface area contributed by atoms with E-state index in [-0.39, 0.29) is 34.3 Å². The second-order valence-electron chi connectivity index (χ2n) is 5.16. The maximum atomic E-state index is 11.6. The van der Waals surface area contributed by atoms with Gasteiger partial charge in [0.1, 0.15) is 28.6 Å². The molecule has 0 fully saturated rings. The molecular formula is C17H15N3O5. The topological polar surface area (TPSA) is 131 Å². The van der Waals surface area contributed by atoms with Gasteiger partial charge in [-0.3, -0.25) is 4.79 Å². The van der Waals surface area contributed by atoms with Crippen LogP contribution >= 0.6 is 0 Å². The maximum absolute atomic E-state index is 11.6. The smallest absolute Gasteiger partial charge is 0.273 e. The Morgan fingerprint density at radius 3 is 2.60 bits per heavy atom. The number of hydrogen-bond acceptors (Lipinski definition) is 7. The fourth-order valence-electron chi connectivity index (χ4n) is 2.21. The van der Waals surface area contributed by atoms with E-state index >= 15 is 0 Å². The van der Waals surface area contributed by atoms with Crippen LogP contribution in [0.5, 0.6) is 23.0 Å². The Hall–Kier alpha value is -3.68. The third kappa shape index (κ3) is 3.32. The number of anilines is 1. The van der Waals surface area contributed by atoms with E-state index in [9.17, 15) is 15.0 Å². The van der Waals surface area contributed by atoms with Gasteiger partial charge in [0.15, 0.2) is 11.5 Å². The maximum Gasteiger partial charge on any atom is 0.273 e. The summed E-state index contributed by atoms with van der Waals surface area (Å²) in [5, 5.41) is 26.0. The normalized spacial score (nSPS) is 10.4. The molecule has 1 heterocycles. The Labute approximate surface area is 142 Å². The van der Waals surface area contributed by atoms with Gasteiger partial charge in [-0.15, -0.1) is 0 Å². The molecule has 8 heteroatoms. The number of carbonyl (C=O) groups excluding carboxylic acids is 1. The molecule has 128 valence electrons. The van der Waals surface area contributed by atoms with Crippen molar-refractivity contribution in [3.05, 3.63) is 48.2 Å². The molecular weight excluding hydrogens is 326 g/mol. The first-order chi connectivity index (χ1) is 12.0. The zero-order valence-corrected chi connectivity index (χ0v) is 13.2. The quantitative estimate of drug-likeness (QED) is 0.536. The molecule has 25 heavy (non-hydrogen) atoms. The lowest BCUT2D eigenvalue weighted by Gasteiger charge is -2.11.